The van der Waals surface area contributed by atoms with E-state index in [0.717, 1.165) is 10.5 Å². The third kappa shape index (κ3) is 3.92. The largest absolute Gasteiger partial charge is 0.493 e. The molecule has 3 heterocycles. The van der Waals surface area contributed by atoms with Gasteiger partial charge >= 0.3 is 11.9 Å². The van der Waals surface area contributed by atoms with E-state index in [1.165, 1.54) is 17.8 Å². The second-order valence-corrected chi connectivity index (χ2v) is 10.6. The van der Waals surface area contributed by atoms with Gasteiger partial charge in [0.05, 0.1) is 6.61 Å². The highest BCUT2D eigenvalue weighted by Gasteiger charge is 2.56. The van der Waals surface area contributed by atoms with E-state index in [1.54, 1.807) is 39.8 Å². The van der Waals surface area contributed by atoms with Crippen molar-refractivity contribution in [3.05, 3.63) is 40.6 Å². The molecule has 0 aliphatic carbocycles. The molecule has 1 aromatic rings. The SMILES string of the molecule is CC1=C(C(=O)O)N2C(=O)C(NC(=O)C(N)(C(=O)OC(C)(C)C)c3ccc4c(c3)CCO4)C2SC1. The number of carbonyl (C=O) groups excluding carboxylic acids is 3. The van der Waals surface area contributed by atoms with Crippen LogP contribution in [-0.4, -0.2) is 63.1 Å². The Morgan fingerprint density at radius 2 is 2.00 bits per heavy atom. The first-order chi connectivity index (χ1) is 15.8. The number of carbonyl (C=O) groups is 4. The van der Waals surface area contributed by atoms with Gasteiger partial charge in [0.25, 0.3) is 11.8 Å². The van der Waals surface area contributed by atoms with Gasteiger partial charge in [0.15, 0.2) is 0 Å². The maximum absolute atomic E-state index is 13.5. The van der Waals surface area contributed by atoms with E-state index in [-0.39, 0.29) is 11.3 Å². The topological polar surface area (TPSA) is 148 Å². The Hall–Kier alpha value is -3.05. The van der Waals surface area contributed by atoms with Crippen LogP contribution < -0.4 is 15.8 Å². The number of hydrogen-bond donors (Lipinski definition) is 3. The first-order valence-electron chi connectivity index (χ1n) is 10.8. The normalized spacial score (nSPS) is 23.2. The van der Waals surface area contributed by atoms with Gasteiger partial charge in [0, 0.05) is 12.2 Å². The van der Waals surface area contributed by atoms with Crippen LogP contribution in [0.1, 0.15) is 38.8 Å². The predicted molar refractivity (Wildman–Crippen MR) is 123 cm³/mol. The number of nitrogens with two attached hydrogens (primary N) is 1. The quantitative estimate of drug-likeness (QED) is 0.311. The van der Waals surface area contributed by atoms with Crippen LogP contribution in [0.5, 0.6) is 5.75 Å². The van der Waals surface area contributed by atoms with Gasteiger partial charge in [-0.05, 0) is 56.5 Å². The first-order valence-corrected chi connectivity index (χ1v) is 11.9. The predicted octanol–water partition coefficient (Wildman–Crippen LogP) is 0.876. The Morgan fingerprint density at radius 1 is 1.29 bits per heavy atom. The molecule has 3 atom stereocenters. The van der Waals surface area contributed by atoms with E-state index >= 15 is 0 Å². The van der Waals surface area contributed by atoms with Crippen LogP contribution in [0.3, 0.4) is 0 Å². The van der Waals surface area contributed by atoms with Crippen molar-refractivity contribution >= 4 is 35.5 Å². The molecule has 0 aromatic heterocycles. The number of carboxylic acids is 1. The molecule has 0 bridgehead atoms. The lowest BCUT2D eigenvalue weighted by atomic mass is 9.87. The number of hydrogen-bond acceptors (Lipinski definition) is 8. The monoisotopic (exact) mass is 489 g/mol. The van der Waals surface area contributed by atoms with Crippen LogP contribution in [0.2, 0.25) is 0 Å². The highest BCUT2D eigenvalue weighted by atomic mass is 32.2. The number of nitrogens with zero attached hydrogens (tertiary/aromatic N) is 1. The third-order valence-electron chi connectivity index (χ3n) is 5.87. The van der Waals surface area contributed by atoms with Crippen LogP contribution in [-0.2, 0) is 35.9 Å². The molecular formula is C23H27N3O7S. The average molecular weight is 490 g/mol. The highest BCUT2D eigenvalue weighted by molar-refractivity contribution is 8.00. The van der Waals surface area contributed by atoms with Crippen molar-refractivity contribution in [3.63, 3.8) is 0 Å². The van der Waals surface area contributed by atoms with Crippen LogP contribution in [0, 0.1) is 0 Å². The molecule has 1 aromatic carbocycles. The lowest BCUT2D eigenvalue weighted by Crippen LogP contribution is -2.73. The molecule has 3 aliphatic heterocycles. The molecule has 34 heavy (non-hydrogen) atoms. The van der Waals surface area contributed by atoms with Crippen molar-refractivity contribution in [2.24, 2.45) is 5.73 Å². The second-order valence-electron chi connectivity index (χ2n) is 9.53. The number of carboxylic acid groups (broad SMARTS) is 1. The minimum atomic E-state index is -2.23. The van der Waals surface area contributed by atoms with E-state index < -0.39 is 46.3 Å². The summed E-state index contributed by atoms with van der Waals surface area (Å²) in [6.45, 7) is 7.12. The van der Waals surface area contributed by atoms with Gasteiger partial charge in [-0.1, -0.05) is 6.07 Å². The lowest BCUT2D eigenvalue weighted by Gasteiger charge is -2.49. The van der Waals surface area contributed by atoms with Gasteiger partial charge in [-0.15, -0.1) is 11.8 Å². The van der Waals surface area contributed by atoms with Crippen molar-refractivity contribution in [1.82, 2.24) is 10.2 Å². The molecule has 10 nitrogen and oxygen atoms in total. The summed E-state index contributed by atoms with van der Waals surface area (Å²) in [6.07, 6.45) is 0.605. The molecule has 2 amide bonds. The number of rotatable bonds is 5. The number of amides is 2. The second kappa shape index (κ2) is 8.31. The zero-order valence-corrected chi connectivity index (χ0v) is 20.2. The lowest BCUT2D eigenvalue weighted by molar-refractivity contribution is -0.166. The Kier molecular flexibility index (Phi) is 5.89. The number of thioether (sulfide) groups is 1. The molecule has 0 spiro atoms. The summed E-state index contributed by atoms with van der Waals surface area (Å²) >= 11 is 1.33. The van der Waals surface area contributed by atoms with E-state index in [2.05, 4.69) is 5.32 Å². The number of aliphatic carboxylic acids is 1. The minimum absolute atomic E-state index is 0.0796. The fourth-order valence-electron chi connectivity index (χ4n) is 4.16. The number of nitrogens with one attached hydrogen (secondary N) is 1. The van der Waals surface area contributed by atoms with Crippen molar-refractivity contribution in [2.45, 2.75) is 56.7 Å². The van der Waals surface area contributed by atoms with Gasteiger partial charge in [-0.2, -0.15) is 0 Å². The van der Waals surface area contributed by atoms with Crippen LogP contribution in [0.25, 0.3) is 0 Å². The van der Waals surface area contributed by atoms with Crippen LogP contribution in [0.15, 0.2) is 29.5 Å². The standard InChI is InChI=1S/C23H27N3O7S/c1-11-10-34-18-15(17(27)26(18)16(11)19(28)29)25-20(30)23(24,21(31)33-22(2,3)4)13-5-6-14-12(9-13)7-8-32-14/h5-6,9,15,18H,7-8,10,24H2,1-4H3,(H,25,30)(H,28,29). The Morgan fingerprint density at radius 3 is 2.65 bits per heavy atom. The molecular weight excluding hydrogens is 462 g/mol. The van der Waals surface area contributed by atoms with Gasteiger partial charge < -0.3 is 25.6 Å². The van der Waals surface area contributed by atoms with E-state index in [4.69, 9.17) is 15.2 Å². The van der Waals surface area contributed by atoms with E-state index in [9.17, 15) is 24.3 Å². The highest BCUT2D eigenvalue weighted by Crippen LogP contribution is 2.40. The average Bonchev–Trinajstić information content (AvgIpc) is 3.22. The molecule has 1 fully saturated rings. The third-order valence-corrected chi connectivity index (χ3v) is 7.30. The van der Waals surface area contributed by atoms with Crippen molar-refractivity contribution in [2.75, 3.05) is 12.4 Å². The fourth-order valence-corrected chi connectivity index (χ4v) is 5.46. The summed E-state index contributed by atoms with van der Waals surface area (Å²) in [4.78, 5) is 52.4. The molecule has 4 N–H and O–H groups in total. The molecule has 3 aliphatic rings. The molecule has 4 rings (SSSR count). The van der Waals surface area contributed by atoms with Crippen molar-refractivity contribution in [1.29, 1.82) is 0 Å². The summed E-state index contributed by atoms with van der Waals surface area (Å²) < 4.78 is 11.0. The first kappa shape index (κ1) is 24.1. The number of fused-ring (bicyclic) bond motifs is 2. The minimum Gasteiger partial charge on any atom is -0.493 e. The number of esters is 1. The fraction of sp³-hybridized carbons (Fsp3) is 0.478. The molecule has 0 radical (unpaired) electrons. The molecule has 182 valence electrons. The number of ether oxygens (including phenoxy) is 2. The van der Waals surface area contributed by atoms with Crippen molar-refractivity contribution < 1.29 is 33.8 Å². The van der Waals surface area contributed by atoms with Gasteiger partial charge in [0.2, 0.25) is 5.54 Å². The molecule has 3 unspecified atom stereocenters. The van der Waals surface area contributed by atoms with Crippen LogP contribution in [0.4, 0.5) is 0 Å². The number of β-lactam (4-membered cyclic amide) rings is 1. The smallest absolute Gasteiger partial charge is 0.352 e. The number of benzene rings is 1. The Labute approximate surface area is 200 Å². The van der Waals surface area contributed by atoms with Gasteiger partial charge in [-0.25, -0.2) is 9.59 Å². The Balaban J connectivity index is 1.64. The summed E-state index contributed by atoms with van der Waals surface area (Å²) in [5.74, 6) is -2.59. The van der Waals surface area contributed by atoms with Gasteiger partial charge in [-0.3, -0.25) is 14.5 Å². The summed E-state index contributed by atoms with van der Waals surface area (Å²) in [7, 11) is 0. The molecule has 11 heteroatoms. The zero-order valence-electron chi connectivity index (χ0n) is 19.3. The zero-order chi connectivity index (χ0) is 25.0. The summed E-state index contributed by atoms with van der Waals surface area (Å²) in [5, 5.41) is 11.5. The van der Waals surface area contributed by atoms with E-state index in [1.807, 2.05) is 0 Å². The summed E-state index contributed by atoms with van der Waals surface area (Å²) in [6, 6.07) is 3.80. The van der Waals surface area contributed by atoms with Gasteiger partial charge in [0.1, 0.15) is 28.5 Å². The summed E-state index contributed by atoms with van der Waals surface area (Å²) in [5.41, 5.74) is 4.85. The Bertz CT molecular complexity index is 1130. The van der Waals surface area contributed by atoms with Crippen LogP contribution >= 0.6 is 11.8 Å². The molecule has 0 saturated carbocycles. The van der Waals surface area contributed by atoms with Crippen molar-refractivity contribution in [3.8, 4) is 5.75 Å². The van der Waals surface area contributed by atoms with E-state index in [0.29, 0.717) is 30.1 Å². The molecule has 1 saturated heterocycles. The maximum atomic E-state index is 13.5. The maximum Gasteiger partial charge on any atom is 0.352 e.